The highest BCUT2D eigenvalue weighted by atomic mass is 15.2. The summed E-state index contributed by atoms with van der Waals surface area (Å²) in [6, 6.07) is 0. The first-order chi connectivity index (χ1) is 8.05. The molecule has 2 rings (SSSR count). The van der Waals surface area contributed by atoms with E-state index in [4.69, 9.17) is 0 Å². The van der Waals surface area contributed by atoms with Gasteiger partial charge < -0.3 is 4.90 Å². The van der Waals surface area contributed by atoms with E-state index in [0.717, 1.165) is 6.54 Å². The highest BCUT2D eigenvalue weighted by molar-refractivity contribution is 5.31. The van der Waals surface area contributed by atoms with Crippen molar-refractivity contribution < 1.29 is 0 Å². The van der Waals surface area contributed by atoms with E-state index in [-0.39, 0.29) is 5.41 Å². The summed E-state index contributed by atoms with van der Waals surface area (Å²) in [5.74, 6) is 0. The van der Waals surface area contributed by atoms with Crippen LogP contribution in [0.25, 0.3) is 0 Å². The molecular formula is C15H24N2. The molecule has 1 fully saturated rings. The Labute approximate surface area is 105 Å². The van der Waals surface area contributed by atoms with E-state index in [2.05, 4.69) is 61.1 Å². The second kappa shape index (κ2) is 5.19. The Hall–Kier alpha value is -0.860. The van der Waals surface area contributed by atoms with E-state index in [9.17, 15) is 0 Å². The van der Waals surface area contributed by atoms with Crippen molar-refractivity contribution in [3.05, 3.63) is 36.0 Å². The molecule has 0 aromatic rings. The van der Waals surface area contributed by atoms with Crippen molar-refractivity contribution in [2.75, 3.05) is 39.8 Å². The van der Waals surface area contributed by atoms with Gasteiger partial charge in [0.1, 0.15) is 0 Å². The molecular weight excluding hydrogens is 208 g/mol. The fourth-order valence-electron chi connectivity index (χ4n) is 2.22. The Kier molecular flexibility index (Phi) is 3.85. The standard InChI is InChI=1S/C15H24N2/c1-15(2)7-4-5-14(6-8-15)13-17-11-9-16(3)10-12-17/h4-8H,9-13H2,1-3H3. The lowest BCUT2D eigenvalue weighted by molar-refractivity contribution is 0.165. The molecule has 2 nitrogen and oxygen atoms in total. The lowest BCUT2D eigenvalue weighted by Crippen LogP contribution is -2.44. The van der Waals surface area contributed by atoms with Crippen molar-refractivity contribution in [1.29, 1.82) is 0 Å². The van der Waals surface area contributed by atoms with Crippen LogP contribution < -0.4 is 0 Å². The fraction of sp³-hybridized carbons (Fsp3) is 0.600. The fourth-order valence-corrected chi connectivity index (χ4v) is 2.22. The number of piperazine rings is 1. The van der Waals surface area contributed by atoms with Crippen LogP contribution in [0.4, 0.5) is 0 Å². The molecule has 2 aliphatic rings. The Balaban J connectivity index is 1.92. The summed E-state index contributed by atoms with van der Waals surface area (Å²) in [4.78, 5) is 4.94. The van der Waals surface area contributed by atoms with Gasteiger partial charge in [0, 0.05) is 38.1 Å². The summed E-state index contributed by atoms with van der Waals surface area (Å²) >= 11 is 0. The molecule has 0 amide bonds. The van der Waals surface area contributed by atoms with Crippen molar-refractivity contribution in [2.24, 2.45) is 5.41 Å². The molecule has 0 unspecified atom stereocenters. The first kappa shape index (κ1) is 12.6. The third-order valence-electron chi connectivity index (χ3n) is 3.57. The lowest BCUT2D eigenvalue weighted by atomic mass is 9.93. The summed E-state index contributed by atoms with van der Waals surface area (Å²) in [5.41, 5.74) is 1.62. The quantitative estimate of drug-likeness (QED) is 0.721. The van der Waals surface area contributed by atoms with Gasteiger partial charge in [-0.25, -0.2) is 0 Å². The largest absolute Gasteiger partial charge is 0.304 e. The van der Waals surface area contributed by atoms with Gasteiger partial charge in [0.25, 0.3) is 0 Å². The number of rotatable bonds is 2. The highest BCUT2D eigenvalue weighted by Crippen LogP contribution is 2.22. The molecule has 17 heavy (non-hydrogen) atoms. The average Bonchev–Trinajstić information content (AvgIpc) is 2.44. The molecule has 0 aromatic carbocycles. The molecule has 0 saturated carbocycles. The zero-order valence-electron chi connectivity index (χ0n) is 11.3. The number of likely N-dealkylation sites (N-methyl/N-ethyl adjacent to an activating group) is 1. The van der Waals surface area contributed by atoms with Crippen LogP contribution in [0.15, 0.2) is 36.0 Å². The third kappa shape index (κ3) is 3.83. The number of allylic oxidation sites excluding steroid dienone is 4. The first-order valence-corrected chi connectivity index (χ1v) is 6.54. The maximum atomic E-state index is 2.54. The van der Waals surface area contributed by atoms with E-state index in [0.29, 0.717) is 0 Å². The van der Waals surface area contributed by atoms with Crippen molar-refractivity contribution in [3.63, 3.8) is 0 Å². The SMILES string of the molecule is CN1CCN(CC2=CC=CC(C)(C)C=C2)CC1. The first-order valence-electron chi connectivity index (χ1n) is 6.54. The Morgan fingerprint density at radius 2 is 1.82 bits per heavy atom. The molecule has 0 atom stereocenters. The number of hydrogen-bond acceptors (Lipinski definition) is 2. The van der Waals surface area contributed by atoms with Crippen molar-refractivity contribution >= 4 is 0 Å². The van der Waals surface area contributed by atoms with Crippen LogP contribution in [0.5, 0.6) is 0 Å². The topological polar surface area (TPSA) is 6.48 Å². The van der Waals surface area contributed by atoms with Gasteiger partial charge in [-0.15, -0.1) is 0 Å². The van der Waals surface area contributed by atoms with Gasteiger partial charge in [0.2, 0.25) is 0 Å². The van der Waals surface area contributed by atoms with Crippen LogP contribution in [-0.4, -0.2) is 49.6 Å². The summed E-state index contributed by atoms with van der Waals surface area (Å²) < 4.78 is 0. The summed E-state index contributed by atoms with van der Waals surface area (Å²) in [5, 5.41) is 0. The second-order valence-electron chi connectivity index (χ2n) is 5.83. The smallest absolute Gasteiger partial charge is 0.0234 e. The third-order valence-corrected chi connectivity index (χ3v) is 3.57. The monoisotopic (exact) mass is 232 g/mol. The number of hydrogen-bond donors (Lipinski definition) is 0. The van der Waals surface area contributed by atoms with Crippen LogP contribution in [0.2, 0.25) is 0 Å². The summed E-state index contributed by atoms with van der Waals surface area (Å²) in [6.45, 7) is 10.3. The van der Waals surface area contributed by atoms with Crippen LogP contribution in [0, 0.1) is 5.41 Å². The molecule has 94 valence electrons. The van der Waals surface area contributed by atoms with Crippen LogP contribution >= 0.6 is 0 Å². The Morgan fingerprint density at radius 1 is 1.12 bits per heavy atom. The Bertz CT molecular complexity index is 342. The van der Waals surface area contributed by atoms with E-state index in [1.165, 1.54) is 31.8 Å². The van der Waals surface area contributed by atoms with Crippen LogP contribution in [-0.2, 0) is 0 Å². The normalized spacial score (nSPS) is 25.7. The molecule has 1 aliphatic heterocycles. The predicted octanol–water partition coefficient (Wildman–Crippen LogP) is 2.31. The molecule has 0 spiro atoms. The van der Waals surface area contributed by atoms with Gasteiger partial charge in [-0.1, -0.05) is 44.2 Å². The van der Waals surface area contributed by atoms with Gasteiger partial charge >= 0.3 is 0 Å². The average molecular weight is 232 g/mol. The zero-order chi connectivity index (χ0) is 12.3. The molecule has 1 saturated heterocycles. The summed E-state index contributed by atoms with van der Waals surface area (Å²) in [6.07, 6.45) is 11.3. The minimum atomic E-state index is 0.195. The summed E-state index contributed by atoms with van der Waals surface area (Å²) in [7, 11) is 2.20. The molecule has 0 radical (unpaired) electrons. The molecule has 0 bridgehead atoms. The van der Waals surface area contributed by atoms with Crippen LogP contribution in [0.1, 0.15) is 13.8 Å². The molecule has 2 heteroatoms. The minimum absolute atomic E-state index is 0.195. The molecule has 0 aromatic heterocycles. The highest BCUT2D eigenvalue weighted by Gasteiger charge is 2.15. The van der Waals surface area contributed by atoms with Crippen LogP contribution in [0.3, 0.4) is 0 Å². The minimum Gasteiger partial charge on any atom is -0.304 e. The maximum Gasteiger partial charge on any atom is 0.0234 e. The van der Waals surface area contributed by atoms with Gasteiger partial charge in [-0.2, -0.15) is 0 Å². The van der Waals surface area contributed by atoms with E-state index < -0.39 is 0 Å². The maximum absolute atomic E-state index is 2.54. The molecule has 1 heterocycles. The van der Waals surface area contributed by atoms with Gasteiger partial charge in [-0.3, -0.25) is 4.90 Å². The van der Waals surface area contributed by atoms with Gasteiger partial charge in [0.05, 0.1) is 0 Å². The predicted molar refractivity (Wildman–Crippen MR) is 74.1 cm³/mol. The van der Waals surface area contributed by atoms with E-state index >= 15 is 0 Å². The zero-order valence-corrected chi connectivity index (χ0v) is 11.3. The van der Waals surface area contributed by atoms with Crippen molar-refractivity contribution in [2.45, 2.75) is 13.8 Å². The molecule has 0 N–H and O–H groups in total. The Morgan fingerprint density at radius 3 is 2.53 bits per heavy atom. The van der Waals surface area contributed by atoms with E-state index in [1.54, 1.807) is 0 Å². The van der Waals surface area contributed by atoms with Gasteiger partial charge in [0.15, 0.2) is 0 Å². The lowest BCUT2D eigenvalue weighted by Gasteiger charge is -2.32. The van der Waals surface area contributed by atoms with Gasteiger partial charge in [-0.05, 0) is 12.6 Å². The van der Waals surface area contributed by atoms with E-state index in [1.807, 2.05) is 0 Å². The van der Waals surface area contributed by atoms with Crippen molar-refractivity contribution in [3.8, 4) is 0 Å². The second-order valence-corrected chi connectivity index (χ2v) is 5.83. The number of nitrogens with zero attached hydrogens (tertiary/aromatic N) is 2. The molecule has 1 aliphatic carbocycles. The van der Waals surface area contributed by atoms with Crippen molar-refractivity contribution in [1.82, 2.24) is 9.80 Å².